The highest BCUT2D eigenvalue weighted by molar-refractivity contribution is 6.23. The second-order valence-electron chi connectivity index (χ2n) is 6.01. The van der Waals surface area contributed by atoms with Crippen molar-refractivity contribution >= 4 is 23.4 Å². The number of imide groups is 1. The van der Waals surface area contributed by atoms with Gasteiger partial charge in [-0.05, 0) is 31.2 Å². The van der Waals surface area contributed by atoms with E-state index in [2.05, 4.69) is 0 Å². The van der Waals surface area contributed by atoms with E-state index in [9.17, 15) is 14.4 Å². The summed E-state index contributed by atoms with van der Waals surface area (Å²) in [6, 6.07) is 13.0. The molecule has 0 aliphatic carbocycles. The van der Waals surface area contributed by atoms with Crippen LogP contribution in [-0.2, 0) is 4.79 Å². The van der Waals surface area contributed by atoms with Gasteiger partial charge in [0.1, 0.15) is 18.4 Å². The molecule has 1 atom stereocenters. The molecule has 1 unspecified atom stereocenters. The number of benzene rings is 2. The van der Waals surface area contributed by atoms with Crippen molar-refractivity contribution in [3.8, 4) is 5.75 Å². The molecule has 2 aliphatic rings. The van der Waals surface area contributed by atoms with E-state index in [1.807, 2.05) is 12.1 Å². The van der Waals surface area contributed by atoms with Crippen LogP contribution in [0.15, 0.2) is 48.5 Å². The van der Waals surface area contributed by atoms with Crippen LogP contribution in [0.1, 0.15) is 27.6 Å². The maximum atomic E-state index is 13.0. The van der Waals surface area contributed by atoms with Gasteiger partial charge in [0.2, 0.25) is 5.91 Å². The summed E-state index contributed by atoms with van der Waals surface area (Å²) in [6.07, 6.45) is 0. The van der Waals surface area contributed by atoms with Crippen LogP contribution in [0.2, 0.25) is 0 Å². The lowest BCUT2D eigenvalue weighted by molar-refractivity contribution is -0.122. The molecule has 0 saturated carbocycles. The minimum Gasteiger partial charge on any atom is -0.490 e. The molecule has 6 nitrogen and oxygen atoms in total. The standard InChI is InChI=1S/C19H16N2O4/c1-12(21-18(23)13-6-2-3-7-14(13)19(21)24)17(22)20-10-11-25-16-9-5-4-8-15(16)20/h2-9,12H,10-11H2,1H3. The Morgan fingerprint density at radius 2 is 1.60 bits per heavy atom. The summed E-state index contributed by atoms with van der Waals surface area (Å²) in [5, 5.41) is 0. The molecule has 6 heteroatoms. The molecular formula is C19H16N2O4. The Labute approximate surface area is 144 Å². The molecule has 0 saturated heterocycles. The quantitative estimate of drug-likeness (QED) is 0.788. The summed E-state index contributed by atoms with van der Waals surface area (Å²) in [6.45, 7) is 2.34. The molecule has 0 aromatic heterocycles. The van der Waals surface area contributed by atoms with Gasteiger partial charge in [0, 0.05) is 0 Å². The van der Waals surface area contributed by atoms with Gasteiger partial charge in [-0.25, -0.2) is 0 Å². The molecule has 3 amide bonds. The fourth-order valence-corrected chi connectivity index (χ4v) is 3.29. The molecule has 126 valence electrons. The maximum Gasteiger partial charge on any atom is 0.262 e. The van der Waals surface area contributed by atoms with E-state index in [-0.39, 0.29) is 5.91 Å². The average molecular weight is 336 g/mol. The summed E-state index contributed by atoms with van der Waals surface area (Å²) in [4.78, 5) is 40.8. The van der Waals surface area contributed by atoms with Crippen molar-refractivity contribution in [2.45, 2.75) is 13.0 Å². The normalized spacial score (nSPS) is 17.0. The van der Waals surface area contributed by atoms with Gasteiger partial charge in [0.15, 0.2) is 0 Å². The van der Waals surface area contributed by atoms with E-state index in [0.717, 1.165) is 4.90 Å². The van der Waals surface area contributed by atoms with Gasteiger partial charge in [0.25, 0.3) is 11.8 Å². The number of hydrogen-bond acceptors (Lipinski definition) is 4. The lowest BCUT2D eigenvalue weighted by Crippen LogP contribution is -2.51. The lowest BCUT2D eigenvalue weighted by Gasteiger charge is -2.33. The third-order valence-electron chi connectivity index (χ3n) is 4.56. The molecule has 2 aromatic carbocycles. The Balaban J connectivity index is 1.65. The fourth-order valence-electron chi connectivity index (χ4n) is 3.29. The van der Waals surface area contributed by atoms with Crippen molar-refractivity contribution in [2.75, 3.05) is 18.1 Å². The Kier molecular flexibility index (Phi) is 3.53. The van der Waals surface area contributed by atoms with Crippen molar-refractivity contribution < 1.29 is 19.1 Å². The van der Waals surface area contributed by atoms with Crippen molar-refractivity contribution in [1.82, 2.24) is 4.90 Å². The van der Waals surface area contributed by atoms with Crippen LogP contribution >= 0.6 is 0 Å². The fraction of sp³-hybridized carbons (Fsp3) is 0.211. The van der Waals surface area contributed by atoms with Crippen LogP contribution in [0, 0.1) is 0 Å². The molecule has 0 radical (unpaired) electrons. The first kappa shape index (κ1) is 15.4. The lowest BCUT2D eigenvalue weighted by atomic mass is 10.1. The maximum absolute atomic E-state index is 13.0. The second-order valence-corrected chi connectivity index (χ2v) is 6.01. The first-order valence-electron chi connectivity index (χ1n) is 8.09. The number of carbonyl (C=O) groups excluding carboxylic acids is 3. The van der Waals surface area contributed by atoms with E-state index >= 15 is 0 Å². The number of hydrogen-bond donors (Lipinski definition) is 0. The number of para-hydroxylation sites is 2. The Hall–Kier alpha value is -3.15. The monoisotopic (exact) mass is 336 g/mol. The molecule has 2 aliphatic heterocycles. The number of ether oxygens (including phenoxy) is 1. The number of nitrogens with zero attached hydrogens (tertiary/aromatic N) is 2. The smallest absolute Gasteiger partial charge is 0.262 e. The zero-order chi connectivity index (χ0) is 17.6. The Bertz CT molecular complexity index is 857. The van der Waals surface area contributed by atoms with Crippen molar-refractivity contribution in [3.63, 3.8) is 0 Å². The molecule has 0 bridgehead atoms. The highest BCUT2D eigenvalue weighted by Crippen LogP contribution is 2.32. The van der Waals surface area contributed by atoms with E-state index in [1.54, 1.807) is 48.2 Å². The van der Waals surface area contributed by atoms with Crippen LogP contribution in [-0.4, -0.2) is 41.8 Å². The zero-order valence-corrected chi connectivity index (χ0v) is 13.6. The highest BCUT2D eigenvalue weighted by atomic mass is 16.5. The van der Waals surface area contributed by atoms with Gasteiger partial charge in [-0.1, -0.05) is 24.3 Å². The summed E-state index contributed by atoms with van der Waals surface area (Å²) in [5.74, 6) is -0.534. The molecule has 0 fully saturated rings. The molecule has 0 N–H and O–H groups in total. The van der Waals surface area contributed by atoms with E-state index in [1.165, 1.54) is 0 Å². The van der Waals surface area contributed by atoms with Gasteiger partial charge < -0.3 is 9.64 Å². The minimum absolute atomic E-state index is 0.301. The summed E-state index contributed by atoms with van der Waals surface area (Å²) < 4.78 is 5.56. The second kappa shape index (κ2) is 5.73. The largest absolute Gasteiger partial charge is 0.490 e. The van der Waals surface area contributed by atoms with Gasteiger partial charge in [0.05, 0.1) is 23.4 Å². The van der Waals surface area contributed by atoms with Gasteiger partial charge in [-0.3, -0.25) is 19.3 Å². The van der Waals surface area contributed by atoms with Gasteiger partial charge >= 0.3 is 0 Å². The number of amides is 3. The molecule has 0 spiro atoms. The van der Waals surface area contributed by atoms with Crippen LogP contribution in [0.25, 0.3) is 0 Å². The summed E-state index contributed by atoms with van der Waals surface area (Å²) >= 11 is 0. The van der Waals surface area contributed by atoms with E-state index < -0.39 is 17.9 Å². The summed E-state index contributed by atoms with van der Waals surface area (Å²) in [5.41, 5.74) is 1.34. The topological polar surface area (TPSA) is 66.9 Å². The summed E-state index contributed by atoms with van der Waals surface area (Å²) in [7, 11) is 0. The molecule has 4 rings (SSSR count). The van der Waals surface area contributed by atoms with E-state index in [4.69, 9.17) is 4.74 Å². The predicted molar refractivity (Wildman–Crippen MR) is 90.7 cm³/mol. The first-order valence-corrected chi connectivity index (χ1v) is 8.09. The van der Waals surface area contributed by atoms with Crippen molar-refractivity contribution in [2.24, 2.45) is 0 Å². The van der Waals surface area contributed by atoms with Crippen molar-refractivity contribution in [3.05, 3.63) is 59.7 Å². The van der Waals surface area contributed by atoms with Crippen LogP contribution in [0.4, 0.5) is 5.69 Å². The third-order valence-corrected chi connectivity index (χ3v) is 4.56. The third kappa shape index (κ3) is 2.29. The van der Waals surface area contributed by atoms with Crippen LogP contribution < -0.4 is 9.64 Å². The highest BCUT2D eigenvalue weighted by Gasteiger charge is 2.42. The molecule has 2 heterocycles. The first-order chi connectivity index (χ1) is 12.1. The van der Waals surface area contributed by atoms with Crippen LogP contribution in [0.3, 0.4) is 0 Å². The number of rotatable bonds is 2. The Morgan fingerprint density at radius 3 is 2.28 bits per heavy atom. The molecule has 25 heavy (non-hydrogen) atoms. The van der Waals surface area contributed by atoms with E-state index in [0.29, 0.717) is 35.7 Å². The zero-order valence-electron chi connectivity index (χ0n) is 13.6. The predicted octanol–water partition coefficient (Wildman–Crippen LogP) is 2.10. The number of fused-ring (bicyclic) bond motifs is 2. The minimum atomic E-state index is -0.890. The van der Waals surface area contributed by atoms with Gasteiger partial charge in [-0.15, -0.1) is 0 Å². The molecular weight excluding hydrogens is 320 g/mol. The van der Waals surface area contributed by atoms with Crippen molar-refractivity contribution in [1.29, 1.82) is 0 Å². The SMILES string of the molecule is CC(C(=O)N1CCOc2ccccc21)N1C(=O)c2ccccc2C1=O. The Morgan fingerprint density at radius 1 is 1.00 bits per heavy atom. The molecule has 2 aromatic rings. The average Bonchev–Trinajstić information content (AvgIpc) is 2.91. The number of anilines is 1. The van der Waals surface area contributed by atoms with Gasteiger partial charge in [-0.2, -0.15) is 0 Å². The van der Waals surface area contributed by atoms with Crippen LogP contribution in [0.5, 0.6) is 5.75 Å². The number of carbonyl (C=O) groups is 3.